The predicted octanol–water partition coefficient (Wildman–Crippen LogP) is 2.75. The van der Waals surface area contributed by atoms with E-state index in [0.717, 1.165) is 16.9 Å². The maximum Gasteiger partial charge on any atom is 0.228 e. The number of ether oxygens (including phenoxy) is 2. The SMILES string of the molecule is COc1ccc([C@@H]2c3ccc(O)cc3Oc3ncn(CCCO)c(=N)c32)cc1. The fraction of sp³-hybridized carbons (Fsp3) is 0.238. The zero-order valence-corrected chi connectivity index (χ0v) is 15.4. The summed E-state index contributed by atoms with van der Waals surface area (Å²) in [5.41, 5.74) is 2.76. The maximum absolute atomic E-state index is 9.88. The van der Waals surface area contributed by atoms with Gasteiger partial charge in [-0.2, -0.15) is 0 Å². The second kappa shape index (κ2) is 7.36. The zero-order valence-electron chi connectivity index (χ0n) is 15.4. The Kier molecular flexibility index (Phi) is 4.75. The van der Waals surface area contributed by atoms with Crippen molar-refractivity contribution in [1.82, 2.24) is 9.55 Å². The fourth-order valence-corrected chi connectivity index (χ4v) is 3.51. The van der Waals surface area contributed by atoms with Crippen LogP contribution >= 0.6 is 0 Å². The van der Waals surface area contributed by atoms with E-state index in [2.05, 4.69) is 4.98 Å². The number of rotatable bonds is 5. The van der Waals surface area contributed by atoms with Gasteiger partial charge in [0.1, 0.15) is 29.1 Å². The van der Waals surface area contributed by atoms with E-state index < -0.39 is 0 Å². The average Bonchev–Trinajstić information content (AvgIpc) is 2.72. The quantitative estimate of drug-likeness (QED) is 0.495. The Hall–Kier alpha value is -3.32. The molecule has 0 radical (unpaired) electrons. The van der Waals surface area contributed by atoms with Crippen LogP contribution in [0, 0.1) is 5.41 Å². The van der Waals surface area contributed by atoms with Crippen molar-refractivity contribution < 1.29 is 19.7 Å². The molecule has 0 aliphatic carbocycles. The summed E-state index contributed by atoms with van der Waals surface area (Å²) in [6.07, 6.45) is 2.09. The molecule has 7 nitrogen and oxygen atoms in total. The average molecular weight is 379 g/mol. The summed E-state index contributed by atoms with van der Waals surface area (Å²) in [7, 11) is 1.62. The lowest BCUT2D eigenvalue weighted by atomic mass is 9.84. The standard InChI is InChI=1S/C21H21N3O4/c1-27-15-6-3-13(4-7-15)18-16-8-5-14(26)11-17(16)28-21-19(18)20(22)24(12-23-21)9-2-10-25/h3-8,11-12,18,22,25-26H,2,9-10H2,1H3/t18-/m1/s1. The monoisotopic (exact) mass is 379 g/mol. The molecule has 0 bridgehead atoms. The first kappa shape index (κ1) is 18.1. The Morgan fingerprint density at radius 3 is 2.71 bits per heavy atom. The molecule has 0 saturated heterocycles. The molecule has 2 heterocycles. The van der Waals surface area contributed by atoms with Gasteiger partial charge in [-0.1, -0.05) is 18.2 Å². The van der Waals surface area contributed by atoms with Gasteiger partial charge in [-0.3, -0.25) is 5.41 Å². The number of nitrogens with one attached hydrogen (secondary N) is 1. The van der Waals surface area contributed by atoms with Gasteiger partial charge in [-0.15, -0.1) is 0 Å². The molecule has 0 unspecified atom stereocenters. The number of phenols is 1. The summed E-state index contributed by atoms with van der Waals surface area (Å²) < 4.78 is 12.9. The molecule has 3 aromatic rings. The smallest absolute Gasteiger partial charge is 0.228 e. The van der Waals surface area contributed by atoms with Gasteiger partial charge < -0.3 is 24.3 Å². The highest BCUT2D eigenvalue weighted by atomic mass is 16.5. The van der Waals surface area contributed by atoms with Crippen molar-refractivity contribution in [3.63, 3.8) is 0 Å². The lowest BCUT2D eigenvalue weighted by Gasteiger charge is -2.28. The van der Waals surface area contributed by atoms with Crippen molar-refractivity contribution in [3.05, 3.63) is 71.0 Å². The van der Waals surface area contributed by atoms with Crippen LogP contribution in [0.25, 0.3) is 0 Å². The minimum atomic E-state index is -0.271. The van der Waals surface area contributed by atoms with Gasteiger partial charge in [-0.25, -0.2) is 4.98 Å². The van der Waals surface area contributed by atoms with E-state index in [0.29, 0.717) is 30.2 Å². The van der Waals surface area contributed by atoms with Gasteiger partial charge in [-0.05, 0) is 30.2 Å². The second-order valence-corrected chi connectivity index (χ2v) is 6.61. The third-order valence-corrected chi connectivity index (χ3v) is 4.90. The molecule has 1 aliphatic rings. The van der Waals surface area contributed by atoms with Crippen LogP contribution in [0.3, 0.4) is 0 Å². The second-order valence-electron chi connectivity index (χ2n) is 6.61. The van der Waals surface area contributed by atoms with Gasteiger partial charge in [0.05, 0.1) is 12.7 Å². The Bertz CT molecular complexity index is 1060. The number of hydrogen-bond donors (Lipinski definition) is 3. The molecule has 0 spiro atoms. The first-order valence-corrected chi connectivity index (χ1v) is 9.02. The third-order valence-electron chi connectivity index (χ3n) is 4.90. The van der Waals surface area contributed by atoms with E-state index in [9.17, 15) is 5.11 Å². The molecule has 2 aromatic carbocycles. The molecule has 7 heteroatoms. The number of fused-ring (bicyclic) bond motifs is 2. The van der Waals surface area contributed by atoms with Crippen LogP contribution in [0.2, 0.25) is 0 Å². The van der Waals surface area contributed by atoms with E-state index in [1.807, 2.05) is 30.3 Å². The normalized spacial score (nSPS) is 14.7. The molecule has 1 aliphatic heterocycles. The highest BCUT2D eigenvalue weighted by Crippen LogP contribution is 2.46. The number of hydrogen-bond acceptors (Lipinski definition) is 6. The van der Waals surface area contributed by atoms with Crippen LogP contribution in [-0.4, -0.2) is 33.5 Å². The minimum Gasteiger partial charge on any atom is -0.508 e. The van der Waals surface area contributed by atoms with Crippen molar-refractivity contribution in [2.24, 2.45) is 0 Å². The zero-order chi connectivity index (χ0) is 19.7. The van der Waals surface area contributed by atoms with Crippen molar-refractivity contribution in [2.45, 2.75) is 18.9 Å². The van der Waals surface area contributed by atoms with Crippen molar-refractivity contribution >= 4 is 0 Å². The molecule has 144 valence electrons. The number of aromatic nitrogens is 2. The summed E-state index contributed by atoms with van der Waals surface area (Å²) in [6, 6.07) is 12.7. The molecule has 0 fully saturated rings. The Morgan fingerprint density at radius 2 is 2.00 bits per heavy atom. The van der Waals surface area contributed by atoms with Gasteiger partial charge in [0, 0.05) is 30.7 Å². The van der Waals surface area contributed by atoms with Gasteiger partial charge in [0.2, 0.25) is 5.88 Å². The van der Waals surface area contributed by atoms with Crippen LogP contribution in [-0.2, 0) is 6.54 Å². The van der Waals surface area contributed by atoms with Gasteiger partial charge >= 0.3 is 0 Å². The van der Waals surface area contributed by atoms with Crippen molar-refractivity contribution in [2.75, 3.05) is 13.7 Å². The van der Waals surface area contributed by atoms with Crippen LogP contribution in [0.4, 0.5) is 0 Å². The topological polar surface area (TPSA) is 101 Å². The summed E-state index contributed by atoms with van der Waals surface area (Å²) in [6.45, 7) is 0.539. The molecular weight excluding hydrogens is 358 g/mol. The van der Waals surface area contributed by atoms with Gasteiger partial charge in [0.15, 0.2) is 0 Å². The molecule has 1 atom stereocenters. The first-order chi connectivity index (χ1) is 13.6. The van der Waals surface area contributed by atoms with Gasteiger partial charge in [0.25, 0.3) is 0 Å². The molecular formula is C21H21N3O4. The molecule has 0 amide bonds. The molecule has 28 heavy (non-hydrogen) atoms. The summed E-state index contributed by atoms with van der Waals surface area (Å²) >= 11 is 0. The Balaban J connectivity index is 1.91. The Morgan fingerprint density at radius 1 is 1.21 bits per heavy atom. The summed E-state index contributed by atoms with van der Waals surface area (Å²) in [4.78, 5) is 4.40. The fourth-order valence-electron chi connectivity index (χ4n) is 3.51. The molecule has 4 rings (SSSR count). The lowest BCUT2D eigenvalue weighted by molar-refractivity contribution is 0.278. The van der Waals surface area contributed by atoms with E-state index in [4.69, 9.17) is 20.0 Å². The highest BCUT2D eigenvalue weighted by Gasteiger charge is 2.32. The predicted molar refractivity (Wildman–Crippen MR) is 102 cm³/mol. The van der Waals surface area contributed by atoms with Crippen molar-refractivity contribution in [3.8, 4) is 23.1 Å². The maximum atomic E-state index is 9.88. The van der Waals surface area contributed by atoms with Crippen LogP contribution in [0.15, 0.2) is 48.8 Å². The number of methoxy groups -OCH3 is 1. The largest absolute Gasteiger partial charge is 0.508 e. The minimum absolute atomic E-state index is 0.0457. The van der Waals surface area contributed by atoms with E-state index in [1.54, 1.807) is 30.1 Å². The number of aliphatic hydroxyl groups is 1. The van der Waals surface area contributed by atoms with Crippen LogP contribution in [0.1, 0.15) is 29.0 Å². The third kappa shape index (κ3) is 3.10. The summed E-state index contributed by atoms with van der Waals surface area (Å²) in [5, 5.41) is 27.7. The number of phenolic OH excluding ortho intramolecular Hbond substituents is 1. The Labute approximate surface area is 162 Å². The number of benzene rings is 2. The van der Waals surface area contributed by atoms with E-state index >= 15 is 0 Å². The lowest BCUT2D eigenvalue weighted by Crippen LogP contribution is -2.30. The van der Waals surface area contributed by atoms with E-state index in [-0.39, 0.29) is 23.8 Å². The van der Waals surface area contributed by atoms with Crippen LogP contribution < -0.4 is 15.0 Å². The van der Waals surface area contributed by atoms with Crippen LogP contribution in [0.5, 0.6) is 23.1 Å². The van der Waals surface area contributed by atoms with Crippen molar-refractivity contribution in [1.29, 1.82) is 5.41 Å². The molecule has 3 N–H and O–H groups in total. The van der Waals surface area contributed by atoms with E-state index in [1.165, 1.54) is 0 Å². The number of nitrogens with zero attached hydrogens (tertiary/aromatic N) is 2. The highest BCUT2D eigenvalue weighted by molar-refractivity contribution is 5.57. The first-order valence-electron chi connectivity index (χ1n) is 9.02. The number of aromatic hydroxyl groups is 1. The molecule has 1 aromatic heterocycles. The molecule has 0 saturated carbocycles. The number of aliphatic hydroxyl groups excluding tert-OH is 1. The number of aryl methyl sites for hydroxylation is 1. The summed E-state index contributed by atoms with van der Waals surface area (Å²) in [5.74, 6) is 1.46.